The van der Waals surface area contributed by atoms with E-state index in [4.69, 9.17) is 16.2 Å². The molecule has 3 aromatic rings. The van der Waals surface area contributed by atoms with Crippen molar-refractivity contribution in [3.63, 3.8) is 0 Å². The Balaban J connectivity index is 1.33. The van der Waals surface area contributed by atoms with Crippen LogP contribution in [0.25, 0.3) is 11.3 Å². The second-order valence-corrected chi connectivity index (χ2v) is 12.3. The third-order valence-electron chi connectivity index (χ3n) is 7.68. The van der Waals surface area contributed by atoms with Crippen molar-refractivity contribution in [2.24, 2.45) is 11.1 Å². The molecule has 2 aliphatic rings. The Morgan fingerprint density at radius 1 is 1.17 bits per heavy atom. The zero-order valence-electron chi connectivity index (χ0n) is 23.5. The van der Waals surface area contributed by atoms with E-state index in [1.165, 1.54) is 10.9 Å². The van der Waals surface area contributed by atoms with Gasteiger partial charge in [0.1, 0.15) is 22.7 Å². The zero-order chi connectivity index (χ0) is 29.9. The number of rotatable bonds is 5. The van der Waals surface area contributed by atoms with Crippen molar-refractivity contribution >= 4 is 17.8 Å². The van der Waals surface area contributed by atoms with Crippen LogP contribution in [0.2, 0.25) is 0 Å². The van der Waals surface area contributed by atoms with Gasteiger partial charge in [-0.2, -0.15) is 23.4 Å². The van der Waals surface area contributed by atoms with Gasteiger partial charge in [0.25, 0.3) is 5.91 Å². The van der Waals surface area contributed by atoms with Crippen LogP contribution in [0.15, 0.2) is 30.6 Å². The highest BCUT2D eigenvalue weighted by Gasteiger charge is 2.51. The maximum Gasteiger partial charge on any atom is 0.416 e. The van der Waals surface area contributed by atoms with Crippen LogP contribution < -0.4 is 11.5 Å². The lowest BCUT2D eigenvalue weighted by Gasteiger charge is -2.45. The number of ether oxygens (including phenoxy) is 1. The third-order valence-corrected chi connectivity index (χ3v) is 7.68. The Bertz CT molecular complexity index is 1500. The number of amides is 2. The number of likely N-dealkylation sites (tertiary alicyclic amines) is 1. The zero-order valence-corrected chi connectivity index (χ0v) is 23.5. The lowest BCUT2D eigenvalue weighted by atomic mass is 9.65. The Hall–Kier alpha value is -4.03. The molecule has 3 heterocycles. The molecular formula is C28H34F3N7O3. The number of anilines is 1. The predicted molar refractivity (Wildman–Crippen MR) is 145 cm³/mol. The number of hydrogen-bond acceptors (Lipinski definition) is 6. The van der Waals surface area contributed by atoms with Crippen LogP contribution in [-0.2, 0) is 17.5 Å². The molecule has 1 spiro atoms. The van der Waals surface area contributed by atoms with Crippen LogP contribution in [0.3, 0.4) is 0 Å². The highest BCUT2D eigenvalue weighted by Crippen LogP contribution is 2.55. The minimum Gasteiger partial charge on any atom is -0.444 e. The van der Waals surface area contributed by atoms with Gasteiger partial charge in [-0.15, -0.1) is 0 Å². The van der Waals surface area contributed by atoms with E-state index in [9.17, 15) is 22.8 Å². The minimum atomic E-state index is -4.45. The molecule has 0 radical (unpaired) electrons. The van der Waals surface area contributed by atoms with Gasteiger partial charge in [0, 0.05) is 24.8 Å². The number of benzene rings is 1. The first-order valence-electron chi connectivity index (χ1n) is 13.4. The van der Waals surface area contributed by atoms with Crippen LogP contribution in [-0.4, -0.2) is 55.2 Å². The maximum absolute atomic E-state index is 13.3. The summed E-state index contributed by atoms with van der Waals surface area (Å²) in [6.07, 6.45) is 0.591. The monoisotopic (exact) mass is 573 g/mol. The Kier molecular flexibility index (Phi) is 6.82. The lowest BCUT2D eigenvalue weighted by Crippen LogP contribution is -2.43. The first kappa shape index (κ1) is 28.5. The number of carbonyl (C=O) groups is 2. The van der Waals surface area contributed by atoms with E-state index in [2.05, 4.69) is 10.2 Å². The van der Waals surface area contributed by atoms with E-state index in [0.29, 0.717) is 29.8 Å². The molecule has 0 unspecified atom stereocenters. The molecule has 220 valence electrons. The summed E-state index contributed by atoms with van der Waals surface area (Å²) in [6, 6.07) is 3.77. The molecule has 1 saturated heterocycles. The number of alkyl halides is 3. The number of aryl methyl sites for hydroxylation is 1. The van der Waals surface area contributed by atoms with Gasteiger partial charge in [-0.25, -0.2) is 9.48 Å². The van der Waals surface area contributed by atoms with Crippen LogP contribution in [0.4, 0.5) is 23.8 Å². The van der Waals surface area contributed by atoms with Crippen molar-refractivity contribution in [1.82, 2.24) is 24.5 Å². The van der Waals surface area contributed by atoms with Crippen molar-refractivity contribution in [2.45, 2.75) is 71.3 Å². The molecule has 2 amide bonds. The molecule has 13 heteroatoms. The van der Waals surface area contributed by atoms with E-state index in [0.717, 1.165) is 31.4 Å². The number of nitrogen functional groups attached to an aromatic ring is 1. The van der Waals surface area contributed by atoms with Gasteiger partial charge in [-0.3, -0.25) is 9.48 Å². The summed E-state index contributed by atoms with van der Waals surface area (Å²) in [5, 5.41) is 8.92. The number of aromatic nitrogens is 4. The average Bonchev–Trinajstić information content (AvgIpc) is 3.53. The first-order chi connectivity index (χ1) is 19.0. The topological polar surface area (TPSA) is 134 Å². The minimum absolute atomic E-state index is 0.0685. The summed E-state index contributed by atoms with van der Waals surface area (Å²) in [4.78, 5) is 26.7. The van der Waals surface area contributed by atoms with Crippen molar-refractivity contribution in [3.8, 4) is 11.3 Å². The molecule has 41 heavy (non-hydrogen) atoms. The number of nitrogens with two attached hydrogens (primary N) is 2. The number of nitrogens with zero attached hydrogens (tertiary/aromatic N) is 5. The van der Waals surface area contributed by atoms with E-state index in [1.807, 2.05) is 20.8 Å². The predicted octanol–water partition coefficient (Wildman–Crippen LogP) is 4.77. The molecule has 5 rings (SSSR count). The molecule has 4 N–H and O–H groups in total. The second-order valence-electron chi connectivity index (χ2n) is 12.3. The van der Waals surface area contributed by atoms with Gasteiger partial charge in [0.05, 0.1) is 24.3 Å². The summed E-state index contributed by atoms with van der Waals surface area (Å²) in [6.45, 7) is 8.39. The van der Waals surface area contributed by atoms with Crippen molar-refractivity contribution in [1.29, 1.82) is 0 Å². The summed E-state index contributed by atoms with van der Waals surface area (Å²) in [5.41, 5.74) is 12.4. The van der Waals surface area contributed by atoms with Gasteiger partial charge < -0.3 is 21.1 Å². The largest absolute Gasteiger partial charge is 0.444 e. The average molecular weight is 574 g/mol. The molecule has 1 aromatic carbocycles. The number of halogens is 3. The quantitative estimate of drug-likeness (QED) is 0.452. The summed E-state index contributed by atoms with van der Waals surface area (Å²) < 4.78 is 48.4. The Labute approximate surface area is 235 Å². The summed E-state index contributed by atoms with van der Waals surface area (Å²) in [7, 11) is 0. The number of primary amides is 1. The van der Waals surface area contributed by atoms with Gasteiger partial charge in [-0.05, 0) is 70.1 Å². The molecule has 1 aliphatic carbocycles. The van der Waals surface area contributed by atoms with Gasteiger partial charge in [-0.1, -0.05) is 11.6 Å². The van der Waals surface area contributed by atoms with Crippen LogP contribution in [0.1, 0.15) is 73.1 Å². The number of carbonyl (C=O) groups excluding carboxylic acids is 2. The van der Waals surface area contributed by atoms with Crippen molar-refractivity contribution in [3.05, 3.63) is 52.8 Å². The smallest absolute Gasteiger partial charge is 0.416 e. The highest BCUT2D eigenvalue weighted by molar-refractivity contribution is 6.03. The second kappa shape index (κ2) is 9.81. The third kappa shape index (κ3) is 5.75. The van der Waals surface area contributed by atoms with Crippen LogP contribution in [0, 0.1) is 12.3 Å². The first-order valence-corrected chi connectivity index (χ1v) is 13.4. The molecular weight excluding hydrogens is 539 g/mol. The molecule has 2 fully saturated rings. The van der Waals surface area contributed by atoms with Gasteiger partial charge in [0.2, 0.25) is 0 Å². The molecule has 10 nitrogen and oxygen atoms in total. The normalized spacial score (nSPS) is 20.9. The maximum atomic E-state index is 13.3. The van der Waals surface area contributed by atoms with E-state index < -0.39 is 23.2 Å². The van der Waals surface area contributed by atoms with E-state index in [-0.39, 0.29) is 41.2 Å². The fraction of sp³-hybridized carbons (Fsp3) is 0.500. The molecule has 0 atom stereocenters. The van der Waals surface area contributed by atoms with Crippen LogP contribution >= 0.6 is 0 Å². The van der Waals surface area contributed by atoms with Crippen LogP contribution in [0.5, 0.6) is 0 Å². The van der Waals surface area contributed by atoms with E-state index in [1.54, 1.807) is 28.8 Å². The standard InChI is InChI=1S/C28H34F3N7O3/c1-16-7-17(9-19(8-16)28(29,30)31)13-37-14-18(12-34-37)22-21(24(33)39)23(32)38(35-22)20-10-27(11-20)5-6-36(15-27)25(40)41-26(2,3)4/h7-9,12,14,20H,5-6,10-11,13,15,32H2,1-4H3,(H2,33,39). The van der Waals surface area contributed by atoms with E-state index >= 15 is 0 Å². The molecule has 1 saturated carbocycles. The van der Waals surface area contributed by atoms with Gasteiger partial charge in [0.15, 0.2) is 0 Å². The summed E-state index contributed by atoms with van der Waals surface area (Å²) in [5.74, 6) is -0.591. The lowest BCUT2D eigenvalue weighted by molar-refractivity contribution is -0.137. The molecule has 1 aliphatic heterocycles. The van der Waals surface area contributed by atoms with Crippen molar-refractivity contribution in [2.75, 3.05) is 18.8 Å². The van der Waals surface area contributed by atoms with Crippen molar-refractivity contribution < 1.29 is 27.5 Å². The SMILES string of the molecule is Cc1cc(Cn2cc(-c3nn(C4CC5(CCN(C(=O)OC(C)(C)C)C5)C4)c(N)c3C(N)=O)cn2)cc(C(F)(F)F)c1. The number of hydrogen-bond donors (Lipinski definition) is 2. The summed E-state index contributed by atoms with van der Waals surface area (Å²) >= 11 is 0. The molecule has 2 aromatic heterocycles. The Morgan fingerprint density at radius 2 is 1.88 bits per heavy atom. The fourth-order valence-electron chi connectivity index (χ4n) is 5.91. The highest BCUT2D eigenvalue weighted by atomic mass is 19.4. The van der Waals surface area contributed by atoms with Gasteiger partial charge >= 0.3 is 12.3 Å². The fourth-order valence-corrected chi connectivity index (χ4v) is 5.91. The molecule has 0 bridgehead atoms. The Morgan fingerprint density at radius 3 is 2.51 bits per heavy atom.